The van der Waals surface area contributed by atoms with Crippen LogP contribution >= 0.6 is 15.9 Å². The lowest BCUT2D eigenvalue weighted by Crippen LogP contribution is -2.02. The molecule has 0 aliphatic heterocycles. The molecule has 0 amide bonds. The summed E-state index contributed by atoms with van der Waals surface area (Å²) in [6, 6.07) is 0. The van der Waals surface area contributed by atoms with Gasteiger partial charge >= 0.3 is 0 Å². The maximum absolute atomic E-state index is 4.01. The zero-order valence-electron chi connectivity index (χ0n) is 6.36. The third-order valence-electron chi connectivity index (χ3n) is 1.61. The van der Waals surface area contributed by atoms with Crippen LogP contribution in [0.4, 0.5) is 0 Å². The average Bonchev–Trinajstić information content (AvgIpc) is 1.87. The first-order valence-electron chi connectivity index (χ1n) is 3.67. The van der Waals surface area contributed by atoms with Gasteiger partial charge in [-0.25, -0.2) is 0 Å². The monoisotopic (exact) mass is 191 g/mol. The molecule has 0 N–H and O–H groups in total. The Morgan fingerprint density at radius 2 is 1.89 bits per heavy atom. The van der Waals surface area contributed by atoms with Gasteiger partial charge in [0.05, 0.1) is 0 Å². The lowest BCUT2D eigenvalue weighted by atomic mass is 10.0. The van der Waals surface area contributed by atoms with E-state index in [1.54, 1.807) is 0 Å². The first-order valence-corrected chi connectivity index (χ1v) is 4.59. The summed E-state index contributed by atoms with van der Waals surface area (Å²) in [4.78, 5) is 0.681. The van der Waals surface area contributed by atoms with Crippen molar-refractivity contribution in [2.24, 2.45) is 5.92 Å². The smallest absolute Gasteiger partial charge is 0.0145 e. The average molecular weight is 192 g/mol. The van der Waals surface area contributed by atoms with Crippen LogP contribution in [-0.4, -0.2) is 4.83 Å². The second-order valence-corrected chi connectivity index (χ2v) is 3.81. The van der Waals surface area contributed by atoms with Gasteiger partial charge in [0.1, 0.15) is 0 Å². The fourth-order valence-corrected chi connectivity index (χ4v) is 1.22. The standard InChI is InChI=1S/C8H16Br/c1-4-7(3)6-8(9)5-2/h7-8H,3-6H2,1-2H3. The normalized spacial score (nSPS) is 17.3. The SMILES string of the molecule is [CH2]C(CC)CC(Br)CC. The van der Waals surface area contributed by atoms with Crippen LogP contribution in [0.25, 0.3) is 0 Å². The molecule has 0 aliphatic carbocycles. The molecule has 0 nitrogen and oxygen atoms in total. The molecule has 0 aliphatic rings. The molecule has 0 saturated carbocycles. The van der Waals surface area contributed by atoms with Crippen LogP contribution in [0, 0.1) is 12.8 Å². The van der Waals surface area contributed by atoms with E-state index in [2.05, 4.69) is 36.7 Å². The van der Waals surface area contributed by atoms with E-state index < -0.39 is 0 Å². The van der Waals surface area contributed by atoms with Gasteiger partial charge in [-0.1, -0.05) is 43.1 Å². The van der Waals surface area contributed by atoms with Crippen LogP contribution < -0.4 is 0 Å². The Balaban J connectivity index is 3.22. The number of hydrogen-bond donors (Lipinski definition) is 0. The maximum Gasteiger partial charge on any atom is 0.0145 e. The highest BCUT2D eigenvalue weighted by atomic mass is 79.9. The molecule has 0 aromatic carbocycles. The molecule has 0 heterocycles. The van der Waals surface area contributed by atoms with Crippen molar-refractivity contribution in [3.05, 3.63) is 6.92 Å². The van der Waals surface area contributed by atoms with E-state index in [-0.39, 0.29) is 0 Å². The molecule has 0 aromatic heterocycles. The Bertz CT molecular complexity index is 53.6. The van der Waals surface area contributed by atoms with Crippen LogP contribution in [0.2, 0.25) is 0 Å². The summed E-state index contributed by atoms with van der Waals surface area (Å²) >= 11 is 3.58. The van der Waals surface area contributed by atoms with Gasteiger partial charge in [-0.2, -0.15) is 0 Å². The predicted octanol–water partition coefficient (Wildman–Crippen LogP) is 3.41. The minimum Gasteiger partial charge on any atom is -0.0891 e. The molecule has 0 aromatic rings. The molecular weight excluding hydrogens is 176 g/mol. The summed E-state index contributed by atoms with van der Waals surface area (Å²) in [7, 11) is 0. The second kappa shape index (κ2) is 5.28. The summed E-state index contributed by atoms with van der Waals surface area (Å²) < 4.78 is 0. The van der Waals surface area contributed by atoms with Crippen molar-refractivity contribution in [3.8, 4) is 0 Å². The maximum atomic E-state index is 4.01. The van der Waals surface area contributed by atoms with Crippen LogP contribution in [0.3, 0.4) is 0 Å². The van der Waals surface area contributed by atoms with Crippen LogP contribution in [0.15, 0.2) is 0 Å². The van der Waals surface area contributed by atoms with Crippen molar-refractivity contribution >= 4 is 15.9 Å². The molecule has 0 rings (SSSR count). The van der Waals surface area contributed by atoms with Gasteiger partial charge in [0, 0.05) is 4.83 Å². The van der Waals surface area contributed by atoms with E-state index in [0.717, 1.165) is 0 Å². The molecule has 0 saturated heterocycles. The lowest BCUT2D eigenvalue weighted by Gasteiger charge is -2.11. The quantitative estimate of drug-likeness (QED) is 0.598. The third-order valence-corrected chi connectivity index (χ3v) is 2.63. The van der Waals surface area contributed by atoms with Crippen molar-refractivity contribution in [2.45, 2.75) is 37.9 Å². The van der Waals surface area contributed by atoms with E-state index in [0.29, 0.717) is 10.7 Å². The highest BCUT2D eigenvalue weighted by Gasteiger charge is 2.05. The summed E-state index contributed by atoms with van der Waals surface area (Å²) in [5.74, 6) is 0.634. The number of halogens is 1. The van der Waals surface area contributed by atoms with Gasteiger partial charge in [0.2, 0.25) is 0 Å². The lowest BCUT2D eigenvalue weighted by molar-refractivity contribution is 0.551. The van der Waals surface area contributed by atoms with Crippen molar-refractivity contribution in [1.82, 2.24) is 0 Å². The summed E-state index contributed by atoms with van der Waals surface area (Å²) in [5, 5.41) is 0. The predicted molar refractivity (Wildman–Crippen MR) is 46.8 cm³/mol. The minimum absolute atomic E-state index is 0.634. The van der Waals surface area contributed by atoms with E-state index in [1.807, 2.05) is 0 Å². The van der Waals surface area contributed by atoms with Crippen molar-refractivity contribution in [1.29, 1.82) is 0 Å². The summed E-state index contributed by atoms with van der Waals surface area (Å²) in [6.45, 7) is 8.40. The minimum atomic E-state index is 0.634. The molecule has 1 heteroatoms. The van der Waals surface area contributed by atoms with Crippen LogP contribution in [-0.2, 0) is 0 Å². The van der Waals surface area contributed by atoms with Gasteiger partial charge < -0.3 is 0 Å². The highest BCUT2D eigenvalue weighted by Crippen LogP contribution is 2.17. The Morgan fingerprint density at radius 1 is 1.33 bits per heavy atom. The molecule has 0 spiro atoms. The Morgan fingerprint density at radius 3 is 2.22 bits per heavy atom. The van der Waals surface area contributed by atoms with E-state index >= 15 is 0 Å². The van der Waals surface area contributed by atoms with Crippen LogP contribution in [0.5, 0.6) is 0 Å². The Labute approximate surface area is 67.2 Å². The van der Waals surface area contributed by atoms with Gasteiger partial charge in [0.25, 0.3) is 0 Å². The first kappa shape index (κ1) is 9.48. The fourth-order valence-electron chi connectivity index (χ4n) is 0.695. The molecule has 0 fully saturated rings. The van der Waals surface area contributed by atoms with Crippen molar-refractivity contribution in [2.75, 3.05) is 0 Å². The number of alkyl halides is 1. The van der Waals surface area contributed by atoms with Crippen molar-refractivity contribution in [3.63, 3.8) is 0 Å². The van der Waals surface area contributed by atoms with Gasteiger partial charge in [0.15, 0.2) is 0 Å². The molecule has 0 bridgehead atoms. The molecule has 55 valence electrons. The zero-order chi connectivity index (χ0) is 7.28. The van der Waals surface area contributed by atoms with Crippen LogP contribution in [0.1, 0.15) is 33.1 Å². The molecule has 1 radical (unpaired) electrons. The van der Waals surface area contributed by atoms with Gasteiger partial charge in [-0.05, 0) is 18.8 Å². The molecule has 2 atom stereocenters. The molecular formula is C8H16Br. The Kier molecular flexibility index (Phi) is 5.56. The number of hydrogen-bond acceptors (Lipinski definition) is 0. The van der Waals surface area contributed by atoms with Gasteiger partial charge in [-0.3, -0.25) is 0 Å². The zero-order valence-corrected chi connectivity index (χ0v) is 7.95. The first-order chi connectivity index (χ1) is 4.20. The van der Waals surface area contributed by atoms with E-state index in [9.17, 15) is 0 Å². The van der Waals surface area contributed by atoms with Crippen molar-refractivity contribution < 1.29 is 0 Å². The largest absolute Gasteiger partial charge is 0.0891 e. The highest BCUT2D eigenvalue weighted by molar-refractivity contribution is 9.09. The summed E-state index contributed by atoms with van der Waals surface area (Å²) in [6.07, 6.45) is 3.63. The fraction of sp³-hybridized carbons (Fsp3) is 0.875. The van der Waals surface area contributed by atoms with E-state index in [4.69, 9.17) is 0 Å². The topological polar surface area (TPSA) is 0 Å². The Hall–Kier alpha value is 0.480. The molecule has 9 heavy (non-hydrogen) atoms. The number of rotatable bonds is 4. The van der Waals surface area contributed by atoms with Gasteiger partial charge in [-0.15, -0.1) is 0 Å². The molecule has 2 unspecified atom stereocenters. The third kappa shape index (κ3) is 4.95. The second-order valence-electron chi connectivity index (χ2n) is 2.52. The summed E-state index contributed by atoms with van der Waals surface area (Å²) in [5.41, 5.74) is 0. The van der Waals surface area contributed by atoms with E-state index in [1.165, 1.54) is 19.3 Å².